The van der Waals surface area contributed by atoms with E-state index in [1.165, 1.54) is 0 Å². The first kappa shape index (κ1) is 20.4. The molecule has 3 aliphatic heterocycles. The predicted molar refractivity (Wildman–Crippen MR) is 112 cm³/mol. The van der Waals surface area contributed by atoms with E-state index in [1.54, 1.807) is 29.7 Å². The number of hydrogen-bond donors (Lipinski definition) is 3. The molecule has 0 saturated carbocycles. The Morgan fingerprint density at radius 3 is 3.09 bits per heavy atom. The molecule has 3 aliphatic rings. The smallest absolute Gasteiger partial charge is 0.290 e. The van der Waals surface area contributed by atoms with Crippen LogP contribution in [0.1, 0.15) is 12.8 Å². The maximum Gasteiger partial charge on any atom is 0.290 e. The van der Waals surface area contributed by atoms with E-state index in [9.17, 15) is 4.79 Å². The van der Waals surface area contributed by atoms with Crippen molar-refractivity contribution in [3.05, 3.63) is 31.1 Å². The molecule has 168 valence electrons. The standard InChI is InChI=1S/C19H22N8O2.CH2O2/c28-15(8-27-5-1-4-25-27)20-6-12-13-7-26(9-19(13)3-2-14(12)29-19)18-16-17(22-10-21-16)23-11-24-18;2-1-3/h1,4-5,10-14H,2-3,6-9H2,(H,20,28)(H,21,22,23,24);1H,(H,2,3)/t12-,13+,14+,19+;/m0./s1. The van der Waals surface area contributed by atoms with E-state index in [1.807, 2.05) is 6.07 Å². The lowest BCUT2D eigenvalue weighted by atomic mass is 9.73. The second-order valence-electron chi connectivity index (χ2n) is 8.32. The van der Waals surface area contributed by atoms with E-state index < -0.39 is 0 Å². The molecule has 32 heavy (non-hydrogen) atoms. The largest absolute Gasteiger partial charge is 0.483 e. The van der Waals surface area contributed by atoms with Gasteiger partial charge in [-0.05, 0) is 18.9 Å². The van der Waals surface area contributed by atoms with Gasteiger partial charge >= 0.3 is 0 Å². The Hall–Kier alpha value is -3.54. The highest BCUT2D eigenvalue weighted by Crippen LogP contribution is 2.55. The van der Waals surface area contributed by atoms with Crippen molar-refractivity contribution in [1.29, 1.82) is 0 Å². The third-order valence-electron chi connectivity index (χ3n) is 6.69. The van der Waals surface area contributed by atoms with E-state index in [4.69, 9.17) is 14.6 Å². The lowest BCUT2D eigenvalue weighted by molar-refractivity contribution is -0.123. The number of hydrogen-bond acceptors (Lipinski definition) is 8. The molecular formula is C20H24N8O4. The number of aromatic amines is 1. The minimum absolute atomic E-state index is 0.0182. The van der Waals surface area contributed by atoms with Crippen LogP contribution in [-0.4, -0.2) is 78.5 Å². The summed E-state index contributed by atoms with van der Waals surface area (Å²) in [5, 5.41) is 14.1. The lowest BCUT2D eigenvalue weighted by Gasteiger charge is -2.29. The highest BCUT2D eigenvalue weighted by molar-refractivity contribution is 5.83. The number of aromatic nitrogens is 6. The van der Waals surface area contributed by atoms with Gasteiger partial charge in [-0.1, -0.05) is 0 Å². The number of imidazole rings is 1. The zero-order valence-electron chi connectivity index (χ0n) is 17.3. The van der Waals surface area contributed by atoms with Crippen LogP contribution in [0.25, 0.3) is 11.2 Å². The Morgan fingerprint density at radius 2 is 2.28 bits per heavy atom. The number of rotatable bonds is 5. The average Bonchev–Trinajstić information content (AvgIpc) is 3.59. The number of nitrogens with zero attached hydrogens (tertiary/aromatic N) is 6. The van der Waals surface area contributed by atoms with Crippen molar-refractivity contribution >= 4 is 29.4 Å². The van der Waals surface area contributed by atoms with Crippen LogP contribution in [0.2, 0.25) is 0 Å². The Bertz CT molecular complexity index is 1100. The van der Waals surface area contributed by atoms with Gasteiger partial charge in [0.05, 0.1) is 18.0 Å². The van der Waals surface area contributed by atoms with Crippen LogP contribution >= 0.6 is 0 Å². The predicted octanol–water partition coefficient (Wildman–Crippen LogP) is 0.0504. The highest BCUT2D eigenvalue weighted by atomic mass is 16.5. The Labute approximate surface area is 183 Å². The van der Waals surface area contributed by atoms with Gasteiger partial charge in [-0.25, -0.2) is 15.0 Å². The molecule has 3 N–H and O–H groups in total. The van der Waals surface area contributed by atoms with Gasteiger partial charge < -0.3 is 25.0 Å². The first-order valence-electron chi connectivity index (χ1n) is 10.5. The number of ether oxygens (including phenoxy) is 1. The molecule has 12 nitrogen and oxygen atoms in total. The molecule has 2 bridgehead atoms. The van der Waals surface area contributed by atoms with Crippen LogP contribution in [0.5, 0.6) is 0 Å². The second kappa shape index (κ2) is 8.19. The van der Waals surface area contributed by atoms with Gasteiger partial charge in [0.2, 0.25) is 5.91 Å². The average molecular weight is 440 g/mol. The van der Waals surface area contributed by atoms with E-state index in [0.717, 1.165) is 37.3 Å². The Morgan fingerprint density at radius 1 is 1.41 bits per heavy atom. The zero-order valence-corrected chi connectivity index (χ0v) is 17.3. The number of fused-ring (bicyclic) bond motifs is 2. The molecular weight excluding hydrogens is 416 g/mol. The van der Waals surface area contributed by atoms with Crippen molar-refractivity contribution in [2.75, 3.05) is 24.5 Å². The molecule has 1 amide bonds. The van der Waals surface area contributed by atoms with Crippen molar-refractivity contribution in [1.82, 2.24) is 35.0 Å². The van der Waals surface area contributed by atoms with Gasteiger partial charge in [0.1, 0.15) is 18.4 Å². The molecule has 12 heteroatoms. The molecule has 1 spiro atoms. The van der Waals surface area contributed by atoms with Crippen molar-refractivity contribution in [2.45, 2.75) is 31.1 Å². The van der Waals surface area contributed by atoms with Gasteiger partial charge in [0.15, 0.2) is 11.5 Å². The van der Waals surface area contributed by atoms with Gasteiger partial charge in [0, 0.05) is 43.9 Å². The summed E-state index contributed by atoms with van der Waals surface area (Å²) >= 11 is 0. The Balaban J connectivity index is 0.000000684. The monoisotopic (exact) mass is 440 g/mol. The van der Waals surface area contributed by atoms with Crippen molar-refractivity contribution in [3.63, 3.8) is 0 Å². The van der Waals surface area contributed by atoms with Gasteiger partial charge in [-0.2, -0.15) is 5.10 Å². The molecule has 0 unspecified atom stereocenters. The molecule has 3 aromatic heterocycles. The van der Waals surface area contributed by atoms with Crippen LogP contribution in [0.3, 0.4) is 0 Å². The fourth-order valence-corrected chi connectivity index (χ4v) is 5.45. The third-order valence-corrected chi connectivity index (χ3v) is 6.69. The molecule has 6 rings (SSSR count). The minimum atomic E-state index is -0.250. The van der Waals surface area contributed by atoms with Crippen molar-refractivity contribution in [3.8, 4) is 0 Å². The fraction of sp³-hybridized carbons (Fsp3) is 0.500. The number of nitrogens with one attached hydrogen (secondary N) is 2. The van der Waals surface area contributed by atoms with Crippen LogP contribution in [0, 0.1) is 11.8 Å². The molecule has 0 aromatic carbocycles. The van der Waals surface area contributed by atoms with E-state index in [2.05, 4.69) is 35.3 Å². The first-order valence-corrected chi connectivity index (χ1v) is 10.5. The van der Waals surface area contributed by atoms with Gasteiger partial charge in [-0.3, -0.25) is 14.3 Å². The highest BCUT2D eigenvalue weighted by Gasteiger charge is 2.63. The maximum atomic E-state index is 12.3. The second-order valence-corrected chi connectivity index (χ2v) is 8.32. The molecule has 4 atom stereocenters. The number of carboxylic acid groups (broad SMARTS) is 1. The topological polar surface area (TPSA) is 151 Å². The summed E-state index contributed by atoms with van der Waals surface area (Å²) in [5.74, 6) is 1.55. The lowest BCUT2D eigenvalue weighted by Crippen LogP contribution is -2.42. The molecule has 0 radical (unpaired) electrons. The van der Waals surface area contributed by atoms with Gasteiger partial charge in [0.25, 0.3) is 6.47 Å². The summed E-state index contributed by atoms with van der Waals surface area (Å²) in [6.07, 6.45) is 9.03. The minimum Gasteiger partial charge on any atom is -0.483 e. The summed E-state index contributed by atoms with van der Waals surface area (Å²) in [6, 6.07) is 1.82. The molecule has 0 aliphatic carbocycles. The third kappa shape index (κ3) is 3.45. The summed E-state index contributed by atoms with van der Waals surface area (Å²) in [6.45, 7) is 2.30. The van der Waals surface area contributed by atoms with Crippen LogP contribution in [0.4, 0.5) is 5.82 Å². The van der Waals surface area contributed by atoms with Crippen LogP contribution < -0.4 is 10.2 Å². The van der Waals surface area contributed by atoms with Crippen LogP contribution in [-0.2, 0) is 20.9 Å². The first-order chi connectivity index (χ1) is 15.6. The summed E-state index contributed by atoms with van der Waals surface area (Å²) in [5.41, 5.74) is 1.40. The number of carbonyl (C=O) groups excluding carboxylic acids is 1. The maximum absolute atomic E-state index is 12.3. The quantitative estimate of drug-likeness (QED) is 0.467. The molecule has 3 fully saturated rings. The fourth-order valence-electron chi connectivity index (χ4n) is 5.45. The van der Waals surface area contributed by atoms with Crippen LogP contribution in [0.15, 0.2) is 31.1 Å². The van der Waals surface area contributed by atoms with E-state index >= 15 is 0 Å². The van der Waals surface area contributed by atoms with Gasteiger partial charge in [-0.15, -0.1) is 0 Å². The van der Waals surface area contributed by atoms with E-state index in [0.29, 0.717) is 24.0 Å². The normalized spacial score (nSPS) is 27.8. The van der Waals surface area contributed by atoms with E-state index in [-0.39, 0.29) is 30.6 Å². The van der Waals surface area contributed by atoms with Crippen molar-refractivity contribution < 1.29 is 19.4 Å². The summed E-state index contributed by atoms with van der Waals surface area (Å²) in [4.78, 5) is 39.1. The zero-order chi connectivity index (χ0) is 22.1. The number of amides is 1. The summed E-state index contributed by atoms with van der Waals surface area (Å²) < 4.78 is 8.14. The molecule has 3 aromatic rings. The number of carbonyl (C=O) groups is 2. The molecule has 6 heterocycles. The molecule has 3 saturated heterocycles. The Kier molecular flexibility index (Phi) is 5.21. The number of anilines is 1. The number of H-pyrrole nitrogens is 1. The summed E-state index contributed by atoms with van der Waals surface area (Å²) in [7, 11) is 0. The SMILES string of the molecule is O=C(Cn1cccn1)NC[C@H]1[C@H]2CN(c3ncnc4nc[nH]c34)C[C@]23CC[C@H]1O3.O=CO. The van der Waals surface area contributed by atoms with Crippen molar-refractivity contribution in [2.24, 2.45) is 11.8 Å².